The molecule has 0 aliphatic heterocycles. The molecule has 0 bridgehead atoms. The van der Waals surface area contributed by atoms with Crippen LogP contribution in [0.3, 0.4) is 0 Å². The number of rotatable bonds is 5. The first-order valence-corrected chi connectivity index (χ1v) is 5.46. The van der Waals surface area contributed by atoms with Crippen LogP contribution < -0.4 is 5.32 Å². The summed E-state index contributed by atoms with van der Waals surface area (Å²) in [5, 5.41) is 28.4. The highest BCUT2D eigenvalue weighted by Gasteiger charge is 2.10. The summed E-state index contributed by atoms with van der Waals surface area (Å²) in [6.07, 6.45) is 0. The molecule has 6 nitrogen and oxygen atoms in total. The number of carbonyl (C=O) groups excluding carboxylic acids is 1. The van der Waals surface area contributed by atoms with Crippen LogP contribution in [0.15, 0.2) is 24.3 Å². The van der Waals surface area contributed by atoms with Crippen LogP contribution in [-0.2, 0) is 4.79 Å². The molecular weight excluding hydrogens is 242 g/mol. The number of hydrogen-bond donors (Lipinski definition) is 1. The van der Waals surface area contributed by atoms with E-state index >= 15 is 0 Å². The van der Waals surface area contributed by atoms with Gasteiger partial charge in [0.15, 0.2) is 0 Å². The Bertz CT molecular complexity index is 543. The molecule has 1 rings (SSSR count). The SMILES string of the molecule is N#CCN(CC#N)CC(=O)Nc1ccc(C#N)cc1. The predicted molar refractivity (Wildman–Crippen MR) is 67.5 cm³/mol. The molecule has 1 aromatic rings. The van der Waals surface area contributed by atoms with E-state index in [9.17, 15) is 4.79 Å². The van der Waals surface area contributed by atoms with Crippen LogP contribution in [-0.4, -0.2) is 30.4 Å². The van der Waals surface area contributed by atoms with E-state index in [4.69, 9.17) is 15.8 Å². The summed E-state index contributed by atoms with van der Waals surface area (Å²) in [7, 11) is 0. The minimum atomic E-state index is -0.310. The largest absolute Gasteiger partial charge is 0.325 e. The lowest BCUT2D eigenvalue weighted by molar-refractivity contribution is -0.117. The number of nitrogens with one attached hydrogen (secondary N) is 1. The molecule has 0 unspecified atom stereocenters. The van der Waals surface area contributed by atoms with Gasteiger partial charge in [-0.15, -0.1) is 0 Å². The summed E-state index contributed by atoms with van der Waals surface area (Å²) < 4.78 is 0. The van der Waals surface area contributed by atoms with E-state index in [2.05, 4.69) is 5.32 Å². The lowest BCUT2D eigenvalue weighted by Crippen LogP contribution is -2.33. The second kappa shape index (κ2) is 7.45. The molecule has 1 N–H and O–H groups in total. The van der Waals surface area contributed by atoms with Crippen molar-refractivity contribution >= 4 is 11.6 Å². The Labute approximate surface area is 111 Å². The molecule has 94 valence electrons. The highest BCUT2D eigenvalue weighted by Crippen LogP contribution is 2.08. The summed E-state index contributed by atoms with van der Waals surface area (Å²) in [6.45, 7) is 0.0177. The van der Waals surface area contributed by atoms with Crippen LogP contribution in [0.2, 0.25) is 0 Å². The van der Waals surface area contributed by atoms with E-state index in [0.29, 0.717) is 11.3 Å². The van der Waals surface area contributed by atoms with Crippen LogP contribution in [0.25, 0.3) is 0 Å². The number of hydrogen-bond acceptors (Lipinski definition) is 5. The number of nitriles is 3. The minimum Gasteiger partial charge on any atom is -0.325 e. The molecule has 0 spiro atoms. The van der Waals surface area contributed by atoms with Gasteiger partial charge in [-0.2, -0.15) is 15.8 Å². The molecule has 0 radical (unpaired) electrons. The van der Waals surface area contributed by atoms with E-state index in [1.807, 2.05) is 18.2 Å². The number of anilines is 1. The third-order valence-corrected chi connectivity index (χ3v) is 2.25. The van der Waals surface area contributed by atoms with E-state index < -0.39 is 0 Å². The standard InChI is InChI=1S/C13H11N5O/c14-5-7-18(8-6-15)10-13(19)17-12-3-1-11(9-16)2-4-12/h1-4H,7-8,10H2,(H,17,19). The maximum Gasteiger partial charge on any atom is 0.238 e. The van der Waals surface area contributed by atoms with Gasteiger partial charge in [0.05, 0.1) is 43.4 Å². The van der Waals surface area contributed by atoms with Gasteiger partial charge in [0, 0.05) is 5.69 Å². The van der Waals surface area contributed by atoms with Gasteiger partial charge in [0.1, 0.15) is 0 Å². The lowest BCUT2D eigenvalue weighted by atomic mass is 10.2. The summed E-state index contributed by atoms with van der Waals surface area (Å²) >= 11 is 0. The van der Waals surface area contributed by atoms with Gasteiger partial charge >= 0.3 is 0 Å². The highest BCUT2D eigenvalue weighted by atomic mass is 16.2. The van der Waals surface area contributed by atoms with E-state index in [1.165, 1.54) is 4.90 Å². The third kappa shape index (κ3) is 4.87. The highest BCUT2D eigenvalue weighted by molar-refractivity contribution is 5.92. The third-order valence-electron chi connectivity index (χ3n) is 2.25. The number of carbonyl (C=O) groups is 1. The van der Waals surface area contributed by atoms with E-state index in [0.717, 1.165) is 0 Å². The molecular formula is C13H11N5O. The second-order valence-corrected chi connectivity index (χ2v) is 3.70. The van der Waals surface area contributed by atoms with Crippen molar-refractivity contribution < 1.29 is 4.79 Å². The molecule has 6 heteroatoms. The zero-order chi connectivity index (χ0) is 14.1. The molecule has 0 fully saturated rings. The molecule has 1 amide bonds. The topological polar surface area (TPSA) is 104 Å². The Morgan fingerprint density at radius 1 is 1.11 bits per heavy atom. The summed E-state index contributed by atoms with van der Waals surface area (Å²) in [5.41, 5.74) is 1.08. The van der Waals surface area contributed by atoms with Crippen LogP contribution >= 0.6 is 0 Å². The van der Waals surface area contributed by atoms with Gasteiger partial charge in [-0.05, 0) is 24.3 Å². The molecule has 0 saturated heterocycles. The Balaban J connectivity index is 2.57. The van der Waals surface area contributed by atoms with Crippen LogP contribution in [0.4, 0.5) is 5.69 Å². The average molecular weight is 253 g/mol. The van der Waals surface area contributed by atoms with Crippen molar-refractivity contribution in [2.75, 3.05) is 25.0 Å². The predicted octanol–water partition coefficient (Wildman–Crippen LogP) is 0.846. The molecule has 0 aromatic heterocycles. The number of nitrogens with zero attached hydrogens (tertiary/aromatic N) is 4. The maximum absolute atomic E-state index is 11.7. The summed E-state index contributed by atoms with van der Waals surface area (Å²) in [5.74, 6) is -0.310. The van der Waals surface area contributed by atoms with Crippen LogP contribution in [0, 0.1) is 34.0 Å². The Morgan fingerprint density at radius 3 is 2.16 bits per heavy atom. The van der Waals surface area contributed by atoms with Gasteiger partial charge in [0.2, 0.25) is 5.91 Å². The zero-order valence-electron chi connectivity index (χ0n) is 10.1. The van der Waals surface area contributed by atoms with Crippen LogP contribution in [0.5, 0.6) is 0 Å². The average Bonchev–Trinajstić information content (AvgIpc) is 2.40. The van der Waals surface area contributed by atoms with E-state index in [1.54, 1.807) is 24.3 Å². The maximum atomic E-state index is 11.7. The fourth-order valence-electron chi connectivity index (χ4n) is 1.40. The number of benzene rings is 1. The quantitative estimate of drug-likeness (QED) is 0.783. The molecule has 0 atom stereocenters. The molecule has 1 aromatic carbocycles. The van der Waals surface area contributed by atoms with Crippen molar-refractivity contribution in [3.05, 3.63) is 29.8 Å². The second-order valence-electron chi connectivity index (χ2n) is 3.70. The minimum absolute atomic E-state index is 0.0222. The summed E-state index contributed by atoms with van der Waals surface area (Å²) in [4.78, 5) is 13.1. The summed E-state index contributed by atoms with van der Waals surface area (Å²) in [6, 6.07) is 12.2. The fourth-order valence-corrected chi connectivity index (χ4v) is 1.40. The van der Waals surface area contributed by atoms with Gasteiger partial charge < -0.3 is 5.32 Å². The van der Waals surface area contributed by atoms with Crippen molar-refractivity contribution in [2.45, 2.75) is 0 Å². The normalized spacial score (nSPS) is 9.16. The molecule has 0 aliphatic carbocycles. The van der Waals surface area contributed by atoms with Gasteiger partial charge in [-0.25, -0.2) is 0 Å². The number of amides is 1. The monoisotopic (exact) mass is 253 g/mol. The lowest BCUT2D eigenvalue weighted by Gasteiger charge is -2.14. The first-order valence-electron chi connectivity index (χ1n) is 5.46. The zero-order valence-corrected chi connectivity index (χ0v) is 10.1. The fraction of sp³-hybridized carbons (Fsp3) is 0.231. The van der Waals surface area contributed by atoms with Gasteiger partial charge in [0.25, 0.3) is 0 Å². The van der Waals surface area contributed by atoms with Crippen LogP contribution in [0.1, 0.15) is 5.56 Å². The van der Waals surface area contributed by atoms with Crippen molar-refractivity contribution in [1.82, 2.24) is 4.90 Å². The van der Waals surface area contributed by atoms with Crippen molar-refractivity contribution in [3.8, 4) is 18.2 Å². The first-order chi connectivity index (χ1) is 9.19. The Hall–Kier alpha value is -2.88. The Morgan fingerprint density at radius 2 is 1.68 bits per heavy atom. The smallest absolute Gasteiger partial charge is 0.238 e. The first kappa shape index (κ1) is 14.2. The molecule has 0 heterocycles. The van der Waals surface area contributed by atoms with Gasteiger partial charge in [-0.3, -0.25) is 9.69 Å². The van der Waals surface area contributed by atoms with Crippen molar-refractivity contribution in [1.29, 1.82) is 15.8 Å². The van der Waals surface area contributed by atoms with Crippen molar-refractivity contribution in [3.63, 3.8) is 0 Å². The molecule has 0 aliphatic rings. The van der Waals surface area contributed by atoms with E-state index in [-0.39, 0.29) is 25.5 Å². The van der Waals surface area contributed by atoms with Crippen molar-refractivity contribution in [2.24, 2.45) is 0 Å². The van der Waals surface area contributed by atoms with Gasteiger partial charge in [-0.1, -0.05) is 0 Å². The Kier molecular flexibility index (Phi) is 5.56. The molecule has 19 heavy (non-hydrogen) atoms. The molecule has 0 saturated carbocycles.